The molecule has 0 aliphatic rings. The molecule has 0 rings (SSSR count). The van der Waals surface area contributed by atoms with Gasteiger partial charge in [0.15, 0.2) is 6.10 Å². The molecule has 0 N–H and O–H groups in total. The lowest BCUT2D eigenvalue weighted by molar-refractivity contribution is -0.167. The third-order valence-corrected chi connectivity index (χ3v) is 11.9. The standard InChI is InChI=1S/C65H106O6/c1-4-7-10-13-16-19-22-24-26-28-29-30-31-32-33-34-35-37-38-40-43-46-49-52-55-58-64(67)70-61-62(60-69-63(66)57-54-51-48-45-42-21-18-15-12-9-6-3)71-65(68)59-56-53-50-47-44-41-39-36-27-25-23-20-17-14-11-8-5-2/h7-8,10-11,15-20,24-27,29-30,39,41,47,50,62H,4-6,9,12-14,21-23,28,31-38,40,42-46,48-49,51-61H2,1-3H3/b10-7-,11-8-,18-15-,19-16-,20-17-,26-24-,27-25-,30-29-,41-39-,50-47-. The quantitative estimate of drug-likeness (QED) is 0.0261. The van der Waals surface area contributed by atoms with Crippen LogP contribution in [-0.4, -0.2) is 37.2 Å². The van der Waals surface area contributed by atoms with Crippen molar-refractivity contribution in [2.24, 2.45) is 0 Å². The van der Waals surface area contributed by atoms with Gasteiger partial charge in [0.25, 0.3) is 0 Å². The minimum Gasteiger partial charge on any atom is -0.462 e. The molecule has 6 heteroatoms. The number of esters is 3. The molecule has 0 radical (unpaired) electrons. The van der Waals surface area contributed by atoms with E-state index in [2.05, 4.69) is 142 Å². The van der Waals surface area contributed by atoms with Crippen LogP contribution in [0.15, 0.2) is 122 Å². The summed E-state index contributed by atoms with van der Waals surface area (Å²) in [4.78, 5) is 38.1. The van der Waals surface area contributed by atoms with Crippen LogP contribution >= 0.6 is 0 Å². The van der Waals surface area contributed by atoms with Crippen molar-refractivity contribution >= 4 is 17.9 Å². The van der Waals surface area contributed by atoms with Crippen LogP contribution in [0.25, 0.3) is 0 Å². The maximum atomic E-state index is 12.8. The predicted molar refractivity (Wildman–Crippen MR) is 306 cm³/mol. The molecule has 0 aliphatic carbocycles. The maximum absolute atomic E-state index is 12.8. The highest BCUT2D eigenvalue weighted by Gasteiger charge is 2.19. The van der Waals surface area contributed by atoms with Crippen LogP contribution in [0.1, 0.15) is 252 Å². The van der Waals surface area contributed by atoms with E-state index in [1.165, 1.54) is 89.9 Å². The van der Waals surface area contributed by atoms with Crippen molar-refractivity contribution in [3.05, 3.63) is 122 Å². The zero-order valence-corrected chi connectivity index (χ0v) is 45.9. The molecule has 71 heavy (non-hydrogen) atoms. The van der Waals surface area contributed by atoms with E-state index >= 15 is 0 Å². The Labute approximate surface area is 437 Å². The van der Waals surface area contributed by atoms with Crippen molar-refractivity contribution in [2.45, 2.75) is 258 Å². The Morgan fingerprint density at radius 1 is 0.296 bits per heavy atom. The molecule has 0 spiro atoms. The van der Waals surface area contributed by atoms with E-state index in [-0.39, 0.29) is 37.5 Å². The van der Waals surface area contributed by atoms with Gasteiger partial charge in [-0.25, -0.2) is 0 Å². The largest absolute Gasteiger partial charge is 0.462 e. The molecule has 1 unspecified atom stereocenters. The van der Waals surface area contributed by atoms with Gasteiger partial charge in [0.2, 0.25) is 0 Å². The Morgan fingerprint density at radius 2 is 0.563 bits per heavy atom. The molecule has 0 saturated carbocycles. The van der Waals surface area contributed by atoms with Gasteiger partial charge in [-0.15, -0.1) is 0 Å². The summed E-state index contributed by atoms with van der Waals surface area (Å²) in [5, 5.41) is 0. The number of unbranched alkanes of at least 4 members (excludes halogenated alkanes) is 20. The van der Waals surface area contributed by atoms with E-state index in [1.54, 1.807) is 0 Å². The van der Waals surface area contributed by atoms with Crippen LogP contribution in [0.2, 0.25) is 0 Å². The van der Waals surface area contributed by atoms with Crippen molar-refractivity contribution in [1.82, 2.24) is 0 Å². The number of hydrogen-bond donors (Lipinski definition) is 0. The van der Waals surface area contributed by atoms with Gasteiger partial charge in [-0.2, -0.15) is 0 Å². The Morgan fingerprint density at radius 3 is 0.915 bits per heavy atom. The van der Waals surface area contributed by atoms with Crippen LogP contribution in [0, 0.1) is 0 Å². The second kappa shape index (κ2) is 58.4. The van der Waals surface area contributed by atoms with E-state index in [0.29, 0.717) is 19.3 Å². The third-order valence-electron chi connectivity index (χ3n) is 11.9. The fraction of sp³-hybridized carbons (Fsp3) is 0.646. The fourth-order valence-corrected chi connectivity index (χ4v) is 7.63. The van der Waals surface area contributed by atoms with Gasteiger partial charge in [0.1, 0.15) is 13.2 Å². The lowest BCUT2D eigenvalue weighted by atomic mass is 10.0. The summed E-state index contributed by atoms with van der Waals surface area (Å²) >= 11 is 0. The molecule has 402 valence electrons. The van der Waals surface area contributed by atoms with Crippen molar-refractivity contribution in [3.8, 4) is 0 Å². The van der Waals surface area contributed by atoms with Crippen molar-refractivity contribution < 1.29 is 28.6 Å². The van der Waals surface area contributed by atoms with Gasteiger partial charge in [-0.1, -0.05) is 239 Å². The van der Waals surface area contributed by atoms with E-state index in [0.717, 1.165) is 116 Å². The monoisotopic (exact) mass is 983 g/mol. The van der Waals surface area contributed by atoms with E-state index in [4.69, 9.17) is 14.2 Å². The molecular weight excluding hydrogens is 877 g/mol. The van der Waals surface area contributed by atoms with Gasteiger partial charge < -0.3 is 14.2 Å². The summed E-state index contributed by atoms with van der Waals surface area (Å²) in [5.74, 6) is -0.979. The van der Waals surface area contributed by atoms with Gasteiger partial charge in [-0.3, -0.25) is 14.4 Å². The van der Waals surface area contributed by atoms with Crippen molar-refractivity contribution in [2.75, 3.05) is 13.2 Å². The Kier molecular flexibility index (Phi) is 54.9. The first kappa shape index (κ1) is 66.8. The number of carbonyl (C=O) groups is 3. The molecule has 0 amide bonds. The van der Waals surface area contributed by atoms with Gasteiger partial charge >= 0.3 is 17.9 Å². The fourth-order valence-electron chi connectivity index (χ4n) is 7.63. The molecule has 0 aliphatic heterocycles. The second-order valence-electron chi connectivity index (χ2n) is 18.8. The van der Waals surface area contributed by atoms with E-state index in [1.807, 2.05) is 0 Å². The molecule has 0 heterocycles. The summed E-state index contributed by atoms with van der Waals surface area (Å²) in [5.41, 5.74) is 0. The van der Waals surface area contributed by atoms with Gasteiger partial charge in [-0.05, 0) is 116 Å². The summed E-state index contributed by atoms with van der Waals surface area (Å²) in [6.07, 6.45) is 80.6. The average Bonchev–Trinajstić information content (AvgIpc) is 3.37. The van der Waals surface area contributed by atoms with Crippen molar-refractivity contribution in [1.29, 1.82) is 0 Å². The molecule has 0 bridgehead atoms. The van der Waals surface area contributed by atoms with Crippen molar-refractivity contribution in [3.63, 3.8) is 0 Å². The molecule has 0 fully saturated rings. The second-order valence-corrected chi connectivity index (χ2v) is 18.8. The number of rotatable bonds is 51. The van der Waals surface area contributed by atoms with Crippen LogP contribution < -0.4 is 0 Å². The third kappa shape index (κ3) is 56.6. The Bertz CT molecular complexity index is 1500. The minimum absolute atomic E-state index is 0.106. The smallest absolute Gasteiger partial charge is 0.306 e. The summed E-state index contributed by atoms with van der Waals surface area (Å²) in [7, 11) is 0. The number of hydrogen-bond acceptors (Lipinski definition) is 6. The highest BCUT2D eigenvalue weighted by Crippen LogP contribution is 2.15. The van der Waals surface area contributed by atoms with Crippen LogP contribution in [-0.2, 0) is 28.6 Å². The predicted octanol–water partition coefficient (Wildman–Crippen LogP) is 19.6. The first-order valence-electron chi connectivity index (χ1n) is 29.0. The number of ether oxygens (including phenoxy) is 3. The van der Waals surface area contributed by atoms with E-state index < -0.39 is 6.10 Å². The summed E-state index contributed by atoms with van der Waals surface area (Å²) in [6.45, 7) is 6.32. The minimum atomic E-state index is -0.814. The summed E-state index contributed by atoms with van der Waals surface area (Å²) < 4.78 is 16.8. The van der Waals surface area contributed by atoms with Crippen LogP contribution in [0.4, 0.5) is 0 Å². The Balaban J connectivity index is 4.36. The van der Waals surface area contributed by atoms with Crippen LogP contribution in [0.3, 0.4) is 0 Å². The molecular formula is C65H106O6. The zero-order valence-electron chi connectivity index (χ0n) is 45.9. The molecule has 0 saturated heterocycles. The molecule has 0 aromatic heterocycles. The molecule has 6 nitrogen and oxygen atoms in total. The molecule has 1 atom stereocenters. The van der Waals surface area contributed by atoms with Crippen LogP contribution in [0.5, 0.6) is 0 Å². The first-order valence-corrected chi connectivity index (χ1v) is 29.0. The first-order chi connectivity index (χ1) is 35.0. The zero-order chi connectivity index (χ0) is 51.4. The molecule has 0 aromatic carbocycles. The SMILES string of the molecule is CC/C=C\C/C=C\C/C=C\C/C=C\C/C=C\CCCC(=O)OC(COC(=O)CCCCCCC/C=C\CCCC)COC(=O)CCCCCCCCCCCCCC/C=C\C/C=C\C/C=C\C/C=C\CC. The van der Waals surface area contributed by atoms with Gasteiger partial charge in [0, 0.05) is 19.3 Å². The lowest BCUT2D eigenvalue weighted by Crippen LogP contribution is -2.30. The summed E-state index contributed by atoms with van der Waals surface area (Å²) in [6, 6.07) is 0. The van der Waals surface area contributed by atoms with E-state index in [9.17, 15) is 14.4 Å². The normalized spacial score (nSPS) is 13.0. The highest BCUT2D eigenvalue weighted by molar-refractivity contribution is 5.71. The topological polar surface area (TPSA) is 78.9 Å². The molecule has 0 aromatic rings. The van der Waals surface area contributed by atoms with Gasteiger partial charge in [0.05, 0.1) is 0 Å². The average molecular weight is 984 g/mol. The highest BCUT2D eigenvalue weighted by atomic mass is 16.6. The maximum Gasteiger partial charge on any atom is 0.306 e. The number of allylic oxidation sites excluding steroid dienone is 20. The number of carbonyl (C=O) groups excluding carboxylic acids is 3. The Hall–Kier alpha value is -4.19. The lowest BCUT2D eigenvalue weighted by Gasteiger charge is -2.18.